The molecule has 124 valence electrons. The van der Waals surface area contributed by atoms with Crippen molar-refractivity contribution < 1.29 is 4.79 Å². The van der Waals surface area contributed by atoms with Crippen molar-refractivity contribution in [3.63, 3.8) is 0 Å². The van der Waals surface area contributed by atoms with E-state index in [1.165, 1.54) is 0 Å². The molecule has 0 aliphatic carbocycles. The summed E-state index contributed by atoms with van der Waals surface area (Å²) in [4.78, 5) is 12.9. The van der Waals surface area contributed by atoms with E-state index in [2.05, 4.69) is 5.32 Å². The van der Waals surface area contributed by atoms with E-state index in [1.807, 2.05) is 85.8 Å². The Morgan fingerprint density at radius 3 is 2.20 bits per heavy atom. The van der Waals surface area contributed by atoms with Gasteiger partial charge in [-0.15, -0.1) is 0 Å². The fourth-order valence-corrected chi connectivity index (χ4v) is 2.80. The molecule has 1 amide bonds. The fourth-order valence-electron chi connectivity index (χ4n) is 2.57. The van der Waals surface area contributed by atoms with Gasteiger partial charge in [-0.2, -0.15) is 0 Å². The molecule has 0 aliphatic heterocycles. The van der Waals surface area contributed by atoms with E-state index in [4.69, 9.17) is 11.6 Å². The number of benzene rings is 3. The van der Waals surface area contributed by atoms with Crippen LogP contribution in [0.15, 0.2) is 78.9 Å². The number of hydrogen-bond donors (Lipinski definition) is 1. The summed E-state index contributed by atoms with van der Waals surface area (Å²) >= 11 is 6.00. The van der Waals surface area contributed by atoms with Gasteiger partial charge in [-0.25, -0.2) is 0 Å². The van der Waals surface area contributed by atoms with Crippen LogP contribution in [0.3, 0.4) is 0 Å². The molecular formula is C22H18ClNO. The summed E-state index contributed by atoms with van der Waals surface area (Å²) in [6, 6.07) is 24.9. The van der Waals surface area contributed by atoms with Gasteiger partial charge >= 0.3 is 0 Å². The minimum Gasteiger partial charge on any atom is -0.322 e. The number of rotatable bonds is 4. The molecule has 0 fully saturated rings. The lowest BCUT2D eigenvalue weighted by Crippen LogP contribution is -2.14. The van der Waals surface area contributed by atoms with Crippen molar-refractivity contribution >= 4 is 34.8 Å². The van der Waals surface area contributed by atoms with Gasteiger partial charge in [0.25, 0.3) is 5.91 Å². The molecule has 0 saturated heterocycles. The molecule has 3 heteroatoms. The molecule has 0 aliphatic rings. The molecule has 0 unspecified atom stereocenters. The van der Waals surface area contributed by atoms with Crippen LogP contribution in [0.2, 0.25) is 5.02 Å². The summed E-state index contributed by atoms with van der Waals surface area (Å²) in [5.41, 5.74) is 4.14. The van der Waals surface area contributed by atoms with E-state index >= 15 is 0 Å². The maximum absolute atomic E-state index is 12.9. The highest BCUT2D eigenvalue weighted by Gasteiger charge is 2.13. The molecule has 0 spiro atoms. The predicted molar refractivity (Wildman–Crippen MR) is 106 cm³/mol. The van der Waals surface area contributed by atoms with E-state index in [-0.39, 0.29) is 5.91 Å². The minimum absolute atomic E-state index is 0.152. The normalized spacial score (nSPS) is 11.2. The lowest BCUT2D eigenvalue weighted by molar-refractivity contribution is -0.111. The zero-order valence-electron chi connectivity index (χ0n) is 13.9. The third-order valence-electron chi connectivity index (χ3n) is 3.88. The van der Waals surface area contributed by atoms with Gasteiger partial charge in [0.2, 0.25) is 0 Å². The number of aryl methyl sites for hydroxylation is 1. The molecule has 3 aromatic rings. The standard InChI is InChI=1S/C22H18ClNO/c1-16-14-19(23)12-13-21(16)24-22(25)20(18-10-6-3-7-11-18)15-17-8-4-2-5-9-17/h2-15H,1H3,(H,24,25)/b20-15+. The number of nitrogens with one attached hydrogen (secondary N) is 1. The topological polar surface area (TPSA) is 29.1 Å². The number of anilines is 1. The second kappa shape index (κ2) is 7.82. The highest BCUT2D eigenvalue weighted by molar-refractivity contribution is 6.31. The summed E-state index contributed by atoms with van der Waals surface area (Å²) < 4.78 is 0. The van der Waals surface area contributed by atoms with Gasteiger partial charge in [-0.3, -0.25) is 4.79 Å². The predicted octanol–water partition coefficient (Wildman–Crippen LogP) is 5.83. The number of carbonyl (C=O) groups excluding carboxylic acids is 1. The van der Waals surface area contributed by atoms with E-state index < -0.39 is 0 Å². The summed E-state index contributed by atoms with van der Waals surface area (Å²) in [6.45, 7) is 1.92. The first-order valence-corrected chi connectivity index (χ1v) is 8.41. The molecule has 3 rings (SSSR count). The summed E-state index contributed by atoms with van der Waals surface area (Å²) in [6.07, 6.45) is 1.90. The summed E-state index contributed by atoms with van der Waals surface area (Å²) in [7, 11) is 0. The van der Waals surface area contributed by atoms with Gasteiger partial charge in [0, 0.05) is 16.3 Å². The van der Waals surface area contributed by atoms with Crippen molar-refractivity contribution in [2.45, 2.75) is 6.92 Å². The quantitative estimate of drug-likeness (QED) is 0.467. The average molecular weight is 348 g/mol. The Bertz CT molecular complexity index is 902. The molecule has 0 saturated carbocycles. The maximum Gasteiger partial charge on any atom is 0.256 e. The number of hydrogen-bond acceptors (Lipinski definition) is 1. The zero-order chi connectivity index (χ0) is 17.6. The monoisotopic (exact) mass is 347 g/mol. The number of amides is 1. The average Bonchev–Trinajstić information content (AvgIpc) is 2.63. The first-order valence-electron chi connectivity index (χ1n) is 8.03. The van der Waals surface area contributed by atoms with Crippen LogP contribution in [-0.2, 0) is 4.79 Å². The van der Waals surface area contributed by atoms with Crippen LogP contribution in [0.4, 0.5) is 5.69 Å². The van der Waals surface area contributed by atoms with Gasteiger partial charge in [0.1, 0.15) is 0 Å². The smallest absolute Gasteiger partial charge is 0.256 e. The molecule has 3 aromatic carbocycles. The van der Waals surface area contributed by atoms with Crippen molar-refractivity contribution in [2.24, 2.45) is 0 Å². The zero-order valence-corrected chi connectivity index (χ0v) is 14.6. The first-order chi connectivity index (χ1) is 12.1. The Hall–Kier alpha value is -2.84. The second-order valence-corrected chi connectivity index (χ2v) is 6.18. The number of halogens is 1. The number of carbonyl (C=O) groups is 1. The summed E-state index contributed by atoms with van der Waals surface area (Å²) in [5.74, 6) is -0.152. The maximum atomic E-state index is 12.9. The van der Waals surface area contributed by atoms with Gasteiger partial charge in [0.05, 0.1) is 0 Å². The SMILES string of the molecule is Cc1cc(Cl)ccc1NC(=O)/C(=C/c1ccccc1)c1ccccc1. The second-order valence-electron chi connectivity index (χ2n) is 5.75. The molecular weight excluding hydrogens is 330 g/mol. The van der Waals surface area contributed by atoms with Crippen LogP contribution < -0.4 is 5.32 Å². The van der Waals surface area contributed by atoms with Crippen LogP contribution in [0.5, 0.6) is 0 Å². The Kier molecular flexibility index (Phi) is 5.32. The van der Waals surface area contributed by atoms with Gasteiger partial charge < -0.3 is 5.32 Å². The van der Waals surface area contributed by atoms with Gasteiger partial charge in [-0.05, 0) is 47.9 Å². The van der Waals surface area contributed by atoms with E-state index in [1.54, 1.807) is 6.07 Å². The molecule has 0 heterocycles. The first kappa shape index (κ1) is 17.0. The highest BCUT2D eigenvalue weighted by Crippen LogP contribution is 2.24. The van der Waals surface area contributed by atoms with Crippen molar-refractivity contribution in [2.75, 3.05) is 5.32 Å². The Morgan fingerprint density at radius 1 is 0.920 bits per heavy atom. The molecule has 25 heavy (non-hydrogen) atoms. The van der Waals surface area contributed by atoms with E-state index in [0.29, 0.717) is 10.6 Å². The van der Waals surface area contributed by atoms with Gasteiger partial charge in [0.15, 0.2) is 0 Å². The summed E-state index contributed by atoms with van der Waals surface area (Å²) in [5, 5.41) is 3.64. The minimum atomic E-state index is -0.152. The van der Waals surface area contributed by atoms with Crippen LogP contribution in [-0.4, -0.2) is 5.91 Å². The molecule has 0 aromatic heterocycles. The lowest BCUT2D eigenvalue weighted by Gasteiger charge is -2.12. The van der Waals surface area contributed by atoms with Crippen LogP contribution in [0.1, 0.15) is 16.7 Å². The van der Waals surface area contributed by atoms with Crippen molar-refractivity contribution in [1.29, 1.82) is 0 Å². The third kappa shape index (κ3) is 4.37. The molecule has 2 nitrogen and oxygen atoms in total. The van der Waals surface area contributed by atoms with Crippen molar-refractivity contribution in [3.05, 3.63) is 101 Å². The van der Waals surface area contributed by atoms with Crippen molar-refractivity contribution in [3.8, 4) is 0 Å². The Labute approximate surface area is 152 Å². The van der Waals surface area contributed by atoms with E-state index in [0.717, 1.165) is 22.4 Å². The fraction of sp³-hybridized carbons (Fsp3) is 0.0455. The highest BCUT2D eigenvalue weighted by atomic mass is 35.5. The molecule has 0 bridgehead atoms. The van der Waals surface area contributed by atoms with Crippen molar-refractivity contribution in [1.82, 2.24) is 0 Å². The largest absolute Gasteiger partial charge is 0.322 e. The third-order valence-corrected chi connectivity index (χ3v) is 4.11. The van der Waals surface area contributed by atoms with Crippen LogP contribution in [0, 0.1) is 6.92 Å². The Balaban J connectivity index is 1.97. The van der Waals surface area contributed by atoms with Crippen LogP contribution in [0.25, 0.3) is 11.6 Å². The lowest BCUT2D eigenvalue weighted by atomic mass is 10.0. The molecule has 0 radical (unpaired) electrons. The van der Waals surface area contributed by atoms with Gasteiger partial charge in [-0.1, -0.05) is 72.3 Å². The molecule has 0 atom stereocenters. The Morgan fingerprint density at radius 2 is 1.56 bits per heavy atom. The van der Waals surface area contributed by atoms with Crippen LogP contribution >= 0.6 is 11.6 Å². The molecule has 1 N–H and O–H groups in total. The van der Waals surface area contributed by atoms with E-state index in [9.17, 15) is 4.79 Å².